The highest BCUT2D eigenvalue weighted by Gasteiger charge is 2.11. The van der Waals surface area contributed by atoms with E-state index in [9.17, 15) is 0 Å². The molecular weight excluding hydrogens is 316 g/mol. The predicted octanol–water partition coefficient (Wildman–Crippen LogP) is 3.21. The number of hydrogen-bond donors (Lipinski definition) is 1. The molecule has 4 nitrogen and oxygen atoms in total. The lowest BCUT2D eigenvalue weighted by molar-refractivity contribution is 0.325. The van der Waals surface area contributed by atoms with Crippen molar-refractivity contribution in [2.24, 2.45) is 0 Å². The summed E-state index contributed by atoms with van der Waals surface area (Å²) in [5.41, 5.74) is 3.59. The minimum Gasteiger partial charge on any atom is -0.349 e. The van der Waals surface area contributed by atoms with Crippen molar-refractivity contribution in [3.8, 4) is 0 Å². The molecular formula is C19H34N4S. The third kappa shape index (κ3) is 8.08. The molecule has 0 heterocycles. The van der Waals surface area contributed by atoms with Crippen LogP contribution in [-0.4, -0.2) is 74.2 Å². The van der Waals surface area contributed by atoms with E-state index in [1.807, 2.05) is 0 Å². The number of nitrogens with one attached hydrogen (secondary N) is 1. The monoisotopic (exact) mass is 350 g/mol. The Morgan fingerprint density at radius 3 is 1.96 bits per heavy atom. The number of anilines is 1. The molecule has 0 aliphatic carbocycles. The van der Waals surface area contributed by atoms with Crippen LogP contribution in [0.3, 0.4) is 0 Å². The van der Waals surface area contributed by atoms with Gasteiger partial charge in [-0.25, -0.2) is 0 Å². The summed E-state index contributed by atoms with van der Waals surface area (Å²) in [7, 11) is 8.46. The summed E-state index contributed by atoms with van der Waals surface area (Å²) in [6.07, 6.45) is 2.23. The Morgan fingerprint density at radius 1 is 0.917 bits per heavy atom. The first-order valence-electron chi connectivity index (χ1n) is 8.72. The van der Waals surface area contributed by atoms with Crippen LogP contribution in [0, 0.1) is 13.8 Å². The van der Waals surface area contributed by atoms with Crippen LogP contribution in [0.5, 0.6) is 0 Å². The quantitative estimate of drug-likeness (QED) is 0.689. The molecule has 24 heavy (non-hydrogen) atoms. The van der Waals surface area contributed by atoms with Gasteiger partial charge in [-0.3, -0.25) is 0 Å². The van der Waals surface area contributed by atoms with Crippen molar-refractivity contribution in [3.05, 3.63) is 29.3 Å². The molecule has 0 radical (unpaired) electrons. The molecule has 0 fully saturated rings. The average molecular weight is 351 g/mol. The van der Waals surface area contributed by atoms with Crippen molar-refractivity contribution >= 4 is 23.0 Å². The standard InChI is InChI=1S/C19H34N4S/c1-16-9-10-17(2)18(15-16)20-19(24)23(13-7-11-21(3)4)14-8-12-22(5)6/h9-10,15H,7-8,11-14H2,1-6H3,(H,20,24). The Kier molecular flexibility index (Phi) is 9.26. The predicted molar refractivity (Wildman–Crippen MR) is 110 cm³/mol. The zero-order valence-corrected chi connectivity index (χ0v) is 17.0. The Balaban J connectivity index is 2.68. The molecule has 0 saturated heterocycles. The van der Waals surface area contributed by atoms with E-state index in [2.05, 4.69) is 80.3 Å². The van der Waals surface area contributed by atoms with Crippen molar-refractivity contribution < 1.29 is 0 Å². The summed E-state index contributed by atoms with van der Waals surface area (Å²) in [6.45, 7) is 8.36. The number of thiocarbonyl (C=S) groups is 1. The van der Waals surface area contributed by atoms with Gasteiger partial charge < -0.3 is 20.0 Å². The van der Waals surface area contributed by atoms with Gasteiger partial charge in [0.2, 0.25) is 0 Å². The molecule has 0 amide bonds. The zero-order chi connectivity index (χ0) is 18.1. The van der Waals surface area contributed by atoms with Crippen LogP contribution in [0.25, 0.3) is 0 Å². The number of rotatable bonds is 9. The second-order valence-electron chi connectivity index (χ2n) is 7.05. The molecule has 0 spiro atoms. The van der Waals surface area contributed by atoms with Crippen molar-refractivity contribution in [1.82, 2.24) is 14.7 Å². The highest BCUT2D eigenvalue weighted by Crippen LogP contribution is 2.17. The average Bonchev–Trinajstić information content (AvgIpc) is 2.48. The van der Waals surface area contributed by atoms with E-state index in [0.29, 0.717) is 0 Å². The Morgan fingerprint density at radius 2 is 1.46 bits per heavy atom. The Hall–Kier alpha value is -1.17. The highest BCUT2D eigenvalue weighted by atomic mass is 32.1. The first-order chi connectivity index (χ1) is 11.3. The van der Waals surface area contributed by atoms with E-state index in [1.165, 1.54) is 11.1 Å². The van der Waals surface area contributed by atoms with E-state index in [1.54, 1.807) is 0 Å². The van der Waals surface area contributed by atoms with Crippen molar-refractivity contribution in [3.63, 3.8) is 0 Å². The van der Waals surface area contributed by atoms with E-state index in [0.717, 1.165) is 49.8 Å². The van der Waals surface area contributed by atoms with Crippen LogP contribution in [0.2, 0.25) is 0 Å². The van der Waals surface area contributed by atoms with Crippen molar-refractivity contribution in [2.75, 3.05) is 59.7 Å². The molecule has 1 aromatic carbocycles. The molecule has 0 aliphatic heterocycles. The van der Waals surface area contributed by atoms with Gasteiger partial charge in [-0.1, -0.05) is 12.1 Å². The summed E-state index contributed by atoms with van der Waals surface area (Å²) in [4.78, 5) is 6.75. The number of nitrogens with zero attached hydrogens (tertiary/aromatic N) is 3. The molecule has 0 bridgehead atoms. The summed E-state index contributed by atoms with van der Waals surface area (Å²) in [5, 5.41) is 4.29. The minimum absolute atomic E-state index is 0.834. The molecule has 0 atom stereocenters. The Bertz CT molecular complexity index is 500. The number of aryl methyl sites for hydroxylation is 2. The largest absolute Gasteiger partial charge is 0.349 e. The van der Waals surface area contributed by atoms with Gasteiger partial charge in [-0.05, 0) is 97.4 Å². The fourth-order valence-corrected chi connectivity index (χ4v) is 2.83. The van der Waals surface area contributed by atoms with E-state index >= 15 is 0 Å². The fourth-order valence-electron chi connectivity index (χ4n) is 2.54. The fraction of sp³-hybridized carbons (Fsp3) is 0.632. The van der Waals surface area contributed by atoms with Crippen LogP contribution in [0.1, 0.15) is 24.0 Å². The lowest BCUT2D eigenvalue weighted by Crippen LogP contribution is -2.38. The third-order valence-corrected chi connectivity index (χ3v) is 4.35. The third-order valence-electron chi connectivity index (χ3n) is 3.99. The molecule has 0 saturated carbocycles. The maximum atomic E-state index is 5.71. The Labute approximate surface area is 153 Å². The zero-order valence-electron chi connectivity index (χ0n) is 16.2. The minimum atomic E-state index is 0.834. The highest BCUT2D eigenvalue weighted by molar-refractivity contribution is 7.80. The van der Waals surface area contributed by atoms with Gasteiger partial charge in [0.05, 0.1) is 0 Å². The van der Waals surface area contributed by atoms with Gasteiger partial charge in [-0.2, -0.15) is 0 Å². The van der Waals surface area contributed by atoms with Crippen LogP contribution in [0.15, 0.2) is 18.2 Å². The first kappa shape index (κ1) is 20.9. The maximum absolute atomic E-state index is 5.71. The molecule has 0 aromatic heterocycles. The molecule has 0 unspecified atom stereocenters. The van der Waals surface area contributed by atoms with Gasteiger partial charge in [0.1, 0.15) is 0 Å². The van der Waals surface area contributed by atoms with Crippen LogP contribution in [0.4, 0.5) is 5.69 Å². The van der Waals surface area contributed by atoms with Crippen LogP contribution in [-0.2, 0) is 0 Å². The van der Waals surface area contributed by atoms with Crippen molar-refractivity contribution in [1.29, 1.82) is 0 Å². The van der Waals surface area contributed by atoms with E-state index in [-0.39, 0.29) is 0 Å². The van der Waals surface area contributed by atoms with E-state index < -0.39 is 0 Å². The van der Waals surface area contributed by atoms with Gasteiger partial charge in [-0.15, -0.1) is 0 Å². The molecule has 136 valence electrons. The molecule has 0 aliphatic rings. The topological polar surface area (TPSA) is 21.8 Å². The van der Waals surface area contributed by atoms with Gasteiger partial charge in [0.15, 0.2) is 5.11 Å². The van der Waals surface area contributed by atoms with E-state index in [4.69, 9.17) is 12.2 Å². The second kappa shape index (κ2) is 10.6. The lowest BCUT2D eigenvalue weighted by atomic mass is 10.1. The summed E-state index contributed by atoms with van der Waals surface area (Å²) in [5.74, 6) is 0. The van der Waals surface area contributed by atoms with Crippen LogP contribution < -0.4 is 5.32 Å². The molecule has 5 heteroatoms. The molecule has 1 N–H and O–H groups in total. The summed E-state index contributed by atoms with van der Waals surface area (Å²) < 4.78 is 0. The maximum Gasteiger partial charge on any atom is 0.173 e. The van der Waals surface area contributed by atoms with Crippen molar-refractivity contribution in [2.45, 2.75) is 26.7 Å². The number of hydrogen-bond acceptors (Lipinski definition) is 3. The van der Waals surface area contributed by atoms with Gasteiger partial charge in [0.25, 0.3) is 0 Å². The summed E-state index contributed by atoms with van der Waals surface area (Å²) in [6, 6.07) is 6.44. The van der Waals surface area contributed by atoms with Crippen LogP contribution >= 0.6 is 12.2 Å². The van der Waals surface area contributed by atoms with Gasteiger partial charge >= 0.3 is 0 Å². The first-order valence-corrected chi connectivity index (χ1v) is 9.13. The second-order valence-corrected chi connectivity index (χ2v) is 7.44. The molecule has 1 aromatic rings. The van der Waals surface area contributed by atoms with Gasteiger partial charge in [0, 0.05) is 18.8 Å². The summed E-state index contributed by atoms with van der Waals surface area (Å²) >= 11 is 5.71. The molecule has 1 rings (SSSR count). The number of benzene rings is 1. The smallest absolute Gasteiger partial charge is 0.173 e. The SMILES string of the molecule is Cc1ccc(C)c(NC(=S)N(CCCN(C)C)CCCN(C)C)c1. The normalized spacial score (nSPS) is 11.2. The lowest BCUT2D eigenvalue weighted by Gasteiger charge is -2.27.